The van der Waals surface area contributed by atoms with Crippen molar-refractivity contribution >= 4 is 49.6 Å². The molecule has 0 aliphatic rings. The number of sulfone groups is 1. The average molecular weight is 554 g/mol. The third kappa shape index (κ3) is 5.01. The highest BCUT2D eigenvalue weighted by atomic mass is 32.2. The third-order valence-corrected chi connectivity index (χ3v) is 7.98. The van der Waals surface area contributed by atoms with E-state index in [1.54, 1.807) is 58.2 Å². The first-order valence-electron chi connectivity index (χ1n) is 12.2. The number of hydrogen-bond acceptors (Lipinski definition) is 7. The van der Waals surface area contributed by atoms with Crippen LogP contribution in [0.5, 0.6) is 5.75 Å². The zero-order valence-corrected chi connectivity index (χ0v) is 23.7. The number of nitrogens with zero attached hydrogens (tertiary/aromatic N) is 3. The van der Waals surface area contributed by atoms with Crippen LogP contribution in [0, 0.1) is 6.92 Å². The fraction of sp³-hybridized carbons (Fsp3) is 0.321. The minimum atomic E-state index is -3.53. The molecule has 0 aliphatic carbocycles. The molecule has 2 aromatic carbocycles. The Hall–Kier alpha value is -4.12. The summed E-state index contributed by atoms with van der Waals surface area (Å²) in [6.07, 6.45) is -0.412. The lowest BCUT2D eigenvalue weighted by atomic mass is 9.97. The topological polar surface area (TPSA) is 128 Å². The molecule has 0 saturated heterocycles. The lowest BCUT2D eigenvalue weighted by Gasteiger charge is -2.26. The fourth-order valence-electron chi connectivity index (χ4n) is 4.47. The average Bonchev–Trinajstić information content (AvgIpc) is 3.20. The number of hydrogen-bond donors (Lipinski definition) is 1. The summed E-state index contributed by atoms with van der Waals surface area (Å²) in [5, 5.41) is 11.3. The van der Waals surface area contributed by atoms with Gasteiger partial charge in [-0.15, -0.1) is 0 Å². The van der Waals surface area contributed by atoms with Crippen molar-refractivity contribution in [2.45, 2.75) is 45.1 Å². The summed E-state index contributed by atoms with van der Waals surface area (Å²) >= 11 is 0. The van der Waals surface area contributed by atoms with Crippen LogP contribution in [0.2, 0.25) is 0 Å². The van der Waals surface area contributed by atoms with Crippen molar-refractivity contribution in [1.82, 2.24) is 9.55 Å². The van der Waals surface area contributed by atoms with Gasteiger partial charge in [0.25, 0.3) is 0 Å². The second-order valence-corrected chi connectivity index (χ2v) is 12.5. The van der Waals surface area contributed by atoms with Crippen molar-refractivity contribution in [3.63, 3.8) is 0 Å². The van der Waals surface area contributed by atoms with Gasteiger partial charge in [0.2, 0.25) is 0 Å². The molecule has 0 fully saturated rings. The van der Waals surface area contributed by atoms with E-state index < -0.39 is 27.6 Å². The first kappa shape index (κ1) is 27.9. The Morgan fingerprint density at radius 1 is 1.15 bits per heavy atom. The van der Waals surface area contributed by atoms with Gasteiger partial charge in [0.1, 0.15) is 11.1 Å². The van der Waals surface area contributed by atoms with E-state index in [1.165, 1.54) is 25.1 Å². The van der Waals surface area contributed by atoms with Gasteiger partial charge < -0.3 is 14.6 Å². The van der Waals surface area contributed by atoms with Crippen molar-refractivity contribution in [3.8, 4) is 16.9 Å². The monoisotopic (exact) mass is 553 g/mol. The van der Waals surface area contributed by atoms with Gasteiger partial charge in [-0.05, 0) is 68.7 Å². The number of carbonyl (C=O) groups excluding carboxylic acids is 1. The lowest BCUT2D eigenvalue weighted by molar-refractivity contribution is 0.0588. The Labute approximate surface area is 226 Å². The van der Waals surface area contributed by atoms with Gasteiger partial charge in [-0.1, -0.05) is 19.1 Å². The quantitative estimate of drug-likeness (QED) is 0.325. The van der Waals surface area contributed by atoms with Crippen LogP contribution in [0.1, 0.15) is 33.3 Å². The normalized spacial score (nSPS) is 12.1. The Morgan fingerprint density at radius 2 is 1.85 bits per heavy atom. The van der Waals surface area contributed by atoms with Gasteiger partial charge in [0.05, 0.1) is 23.4 Å². The molecule has 0 aliphatic heterocycles. The van der Waals surface area contributed by atoms with Crippen LogP contribution < -0.4 is 9.64 Å². The standard InChI is InChI=1S/C28H31N3O7S/c1-8-39(35,36)18-11-9-10-17(13-18)19-14-21(30(6)27(34)38-28(3,4)5)24(37-7)23-22(19)20-12-16(2)15-29-25(20)31(23)26(32)33/h9-15H,8H2,1-7H3,(H,32,33). The molecule has 1 amide bonds. The molecule has 0 unspecified atom stereocenters. The molecule has 4 rings (SSSR count). The summed E-state index contributed by atoms with van der Waals surface area (Å²) in [6.45, 7) is 8.62. The van der Waals surface area contributed by atoms with Gasteiger partial charge in [-0.2, -0.15) is 0 Å². The SMILES string of the molecule is CCS(=O)(=O)c1cccc(-c2cc(N(C)C(=O)OC(C)(C)C)c(OC)c3c2c2cc(C)cnc2n3C(=O)O)c1. The minimum absolute atomic E-state index is 0.0808. The molecular formula is C28H31N3O7S. The summed E-state index contributed by atoms with van der Waals surface area (Å²) < 4.78 is 37.7. The number of carboxylic acid groups (broad SMARTS) is 1. The van der Waals surface area contributed by atoms with E-state index in [4.69, 9.17) is 9.47 Å². The second-order valence-electron chi connectivity index (χ2n) is 10.2. The number of fused-ring (bicyclic) bond motifs is 3. The number of amides is 1. The number of pyridine rings is 1. The van der Waals surface area contributed by atoms with Gasteiger partial charge in [-0.25, -0.2) is 27.6 Å². The maximum absolute atomic E-state index is 13.1. The number of benzene rings is 2. The molecule has 0 saturated carbocycles. The number of ether oxygens (including phenoxy) is 2. The molecule has 2 aromatic heterocycles. The van der Waals surface area contributed by atoms with Crippen molar-refractivity contribution in [2.24, 2.45) is 0 Å². The molecule has 11 heteroatoms. The molecule has 0 bridgehead atoms. The Bertz CT molecular complexity index is 1730. The third-order valence-electron chi connectivity index (χ3n) is 6.25. The smallest absolute Gasteiger partial charge is 0.417 e. The summed E-state index contributed by atoms with van der Waals surface area (Å²) in [5.41, 5.74) is 1.62. The van der Waals surface area contributed by atoms with Crippen LogP contribution in [-0.4, -0.2) is 60.8 Å². The summed E-state index contributed by atoms with van der Waals surface area (Å²) in [4.78, 5) is 31.5. The number of anilines is 1. The van der Waals surface area contributed by atoms with Crippen LogP contribution >= 0.6 is 0 Å². The van der Waals surface area contributed by atoms with E-state index in [0.29, 0.717) is 21.9 Å². The molecule has 0 radical (unpaired) electrons. The van der Waals surface area contributed by atoms with E-state index in [0.717, 1.165) is 10.1 Å². The van der Waals surface area contributed by atoms with E-state index in [-0.39, 0.29) is 33.2 Å². The number of aromatic nitrogens is 2. The molecular weight excluding hydrogens is 522 g/mol. The maximum atomic E-state index is 13.1. The highest BCUT2D eigenvalue weighted by Crippen LogP contribution is 2.46. The van der Waals surface area contributed by atoms with Crippen LogP contribution in [0.4, 0.5) is 15.3 Å². The van der Waals surface area contributed by atoms with Crippen LogP contribution in [0.15, 0.2) is 47.5 Å². The van der Waals surface area contributed by atoms with Crippen LogP contribution in [0.25, 0.3) is 33.1 Å². The van der Waals surface area contributed by atoms with Crippen LogP contribution in [0.3, 0.4) is 0 Å². The molecule has 0 spiro atoms. The molecule has 0 atom stereocenters. The van der Waals surface area contributed by atoms with Crippen molar-refractivity contribution in [1.29, 1.82) is 0 Å². The zero-order valence-electron chi connectivity index (χ0n) is 22.9. The Morgan fingerprint density at radius 3 is 2.44 bits per heavy atom. The second kappa shape index (κ2) is 9.88. The highest BCUT2D eigenvalue weighted by Gasteiger charge is 2.30. The first-order chi connectivity index (χ1) is 18.2. The number of rotatable bonds is 5. The van der Waals surface area contributed by atoms with Gasteiger partial charge >= 0.3 is 12.2 Å². The highest BCUT2D eigenvalue weighted by molar-refractivity contribution is 7.91. The molecule has 2 heterocycles. The van der Waals surface area contributed by atoms with Crippen molar-refractivity contribution < 1.29 is 32.6 Å². The van der Waals surface area contributed by atoms with Crippen molar-refractivity contribution in [2.75, 3.05) is 24.8 Å². The molecule has 10 nitrogen and oxygen atoms in total. The van der Waals surface area contributed by atoms with Gasteiger partial charge in [0, 0.05) is 24.0 Å². The minimum Gasteiger partial charge on any atom is -0.492 e. The fourth-order valence-corrected chi connectivity index (χ4v) is 5.40. The van der Waals surface area contributed by atoms with Gasteiger partial charge in [-0.3, -0.25) is 4.90 Å². The van der Waals surface area contributed by atoms with E-state index >= 15 is 0 Å². The van der Waals surface area contributed by atoms with E-state index in [1.807, 2.05) is 13.0 Å². The maximum Gasteiger partial charge on any atom is 0.417 e. The molecule has 1 N–H and O–H groups in total. The van der Waals surface area contributed by atoms with E-state index in [9.17, 15) is 23.1 Å². The first-order valence-corrected chi connectivity index (χ1v) is 13.9. The lowest BCUT2D eigenvalue weighted by Crippen LogP contribution is -2.34. The predicted molar refractivity (Wildman–Crippen MR) is 150 cm³/mol. The van der Waals surface area contributed by atoms with Gasteiger partial charge in [0.15, 0.2) is 21.2 Å². The molecule has 4 aromatic rings. The largest absolute Gasteiger partial charge is 0.492 e. The molecule has 39 heavy (non-hydrogen) atoms. The predicted octanol–water partition coefficient (Wildman–Crippen LogP) is 5.86. The van der Waals surface area contributed by atoms with Crippen LogP contribution in [-0.2, 0) is 14.6 Å². The zero-order chi connectivity index (χ0) is 28.9. The number of carbonyl (C=O) groups is 2. The number of methoxy groups -OCH3 is 1. The van der Waals surface area contributed by atoms with Crippen molar-refractivity contribution in [3.05, 3.63) is 48.2 Å². The summed E-state index contributed by atoms with van der Waals surface area (Å²) in [5.74, 6) is 0.0419. The Balaban J connectivity index is 2.20. The molecule has 206 valence electrons. The Kier molecular flexibility index (Phi) is 7.07. The summed E-state index contributed by atoms with van der Waals surface area (Å²) in [7, 11) is -0.651. The number of aryl methyl sites for hydroxylation is 1. The summed E-state index contributed by atoms with van der Waals surface area (Å²) in [6, 6.07) is 9.92. The van der Waals surface area contributed by atoms with E-state index in [2.05, 4.69) is 4.98 Å².